The molecule has 2 aromatic rings. The molecule has 0 heterocycles. The Morgan fingerprint density at radius 1 is 0.870 bits per heavy atom. The van der Waals surface area contributed by atoms with Gasteiger partial charge in [0.15, 0.2) is 0 Å². The predicted molar refractivity (Wildman–Crippen MR) is 103 cm³/mol. The van der Waals surface area contributed by atoms with Gasteiger partial charge in [-0.1, -0.05) is 92.9 Å². The Morgan fingerprint density at radius 2 is 1.61 bits per heavy atom. The molecule has 0 aliphatic rings. The van der Waals surface area contributed by atoms with Gasteiger partial charge in [-0.25, -0.2) is 0 Å². The van der Waals surface area contributed by atoms with Crippen molar-refractivity contribution >= 4 is 6.08 Å². The Morgan fingerprint density at radius 3 is 2.35 bits per heavy atom. The second-order valence-corrected chi connectivity index (χ2v) is 6.50. The molecule has 2 aromatic carbocycles. The van der Waals surface area contributed by atoms with Gasteiger partial charge >= 0.3 is 0 Å². The summed E-state index contributed by atoms with van der Waals surface area (Å²) in [6, 6.07) is 19.5. The van der Waals surface area contributed by atoms with Crippen LogP contribution in [-0.2, 0) is 6.42 Å². The van der Waals surface area contributed by atoms with Crippen molar-refractivity contribution in [3.63, 3.8) is 0 Å². The van der Waals surface area contributed by atoms with Gasteiger partial charge in [0.1, 0.15) is 0 Å². The monoisotopic (exact) mass is 306 g/mol. The third kappa shape index (κ3) is 6.44. The first-order valence-electron chi connectivity index (χ1n) is 9.07. The third-order valence-electron chi connectivity index (χ3n) is 4.56. The number of allylic oxidation sites excluding steroid dienone is 1. The van der Waals surface area contributed by atoms with Crippen LogP contribution < -0.4 is 0 Å². The van der Waals surface area contributed by atoms with Gasteiger partial charge in [0.05, 0.1) is 0 Å². The molecule has 0 spiro atoms. The van der Waals surface area contributed by atoms with E-state index in [1.807, 2.05) is 0 Å². The molecular formula is C23H30. The summed E-state index contributed by atoms with van der Waals surface area (Å²) in [5.74, 6) is 0.682. The van der Waals surface area contributed by atoms with Crippen LogP contribution in [0.5, 0.6) is 0 Å². The summed E-state index contributed by atoms with van der Waals surface area (Å²) in [5.41, 5.74) is 4.17. The van der Waals surface area contributed by atoms with Crippen LogP contribution in [-0.4, -0.2) is 0 Å². The highest BCUT2D eigenvalue weighted by Crippen LogP contribution is 2.20. The molecule has 1 atom stereocenters. The first kappa shape index (κ1) is 17.5. The lowest BCUT2D eigenvalue weighted by Gasteiger charge is -2.13. The fraction of sp³-hybridized carbons (Fsp3) is 0.391. The maximum Gasteiger partial charge on any atom is -0.0227 e. The molecule has 0 fully saturated rings. The van der Waals surface area contributed by atoms with Crippen molar-refractivity contribution in [1.29, 1.82) is 0 Å². The van der Waals surface area contributed by atoms with Gasteiger partial charge in [0.25, 0.3) is 0 Å². The zero-order valence-electron chi connectivity index (χ0n) is 14.7. The summed E-state index contributed by atoms with van der Waals surface area (Å²) in [5, 5.41) is 0. The normalized spacial score (nSPS) is 12.6. The highest BCUT2D eigenvalue weighted by atomic mass is 14.1. The van der Waals surface area contributed by atoms with Crippen LogP contribution in [0.15, 0.2) is 60.7 Å². The Hall–Kier alpha value is -1.82. The molecule has 0 aliphatic carbocycles. The van der Waals surface area contributed by atoms with E-state index in [1.54, 1.807) is 0 Å². The SMILES string of the molecule is CCCCCC(/C=C/c1ccccc1C)CCc1ccccc1. The smallest absolute Gasteiger partial charge is 0.0227 e. The van der Waals surface area contributed by atoms with Gasteiger partial charge in [-0.3, -0.25) is 0 Å². The maximum atomic E-state index is 2.45. The van der Waals surface area contributed by atoms with Crippen molar-refractivity contribution in [2.24, 2.45) is 5.92 Å². The van der Waals surface area contributed by atoms with Crippen molar-refractivity contribution in [3.05, 3.63) is 77.4 Å². The lowest BCUT2D eigenvalue weighted by molar-refractivity contribution is 0.509. The molecule has 1 unspecified atom stereocenters. The van der Waals surface area contributed by atoms with E-state index in [1.165, 1.54) is 55.2 Å². The summed E-state index contributed by atoms with van der Waals surface area (Å²) in [6.07, 6.45) is 12.5. The molecule has 122 valence electrons. The highest BCUT2D eigenvalue weighted by Gasteiger charge is 2.06. The zero-order valence-corrected chi connectivity index (χ0v) is 14.7. The summed E-state index contributed by atoms with van der Waals surface area (Å²) in [4.78, 5) is 0. The number of aryl methyl sites for hydroxylation is 2. The van der Waals surface area contributed by atoms with Gasteiger partial charge in [-0.2, -0.15) is 0 Å². The summed E-state index contributed by atoms with van der Waals surface area (Å²) in [6.45, 7) is 4.47. The number of rotatable bonds is 9. The van der Waals surface area contributed by atoms with Gasteiger partial charge in [-0.15, -0.1) is 0 Å². The zero-order chi connectivity index (χ0) is 16.3. The number of hydrogen-bond acceptors (Lipinski definition) is 0. The van der Waals surface area contributed by atoms with E-state index in [-0.39, 0.29) is 0 Å². The lowest BCUT2D eigenvalue weighted by atomic mass is 9.92. The van der Waals surface area contributed by atoms with E-state index in [0.29, 0.717) is 5.92 Å². The highest BCUT2D eigenvalue weighted by molar-refractivity contribution is 5.53. The molecule has 0 aliphatic heterocycles. The Balaban J connectivity index is 1.97. The van der Waals surface area contributed by atoms with E-state index in [9.17, 15) is 0 Å². The summed E-state index contributed by atoms with van der Waals surface area (Å²) in [7, 11) is 0. The Kier molecular flexibility index (Phi) is 7.66. The topological polar surface area (TPSA) is 0 Å². The fourth-order valence-corrected chi connectivity index (χ4v) is 3.00. The van der Waals surface area contributed by atoms with Crippen molar-refractivity contribution < 1.29 is 0 Å². The minimum atomic E-state index is 0.682. The molecule has 0 bridgehead atoms. The van der Waals surface area contributed by atoms with Crippen LogP contribution in [0.2, 0.25) is 0 Å². The second-order valence-electron chi connectivity index (χ2n) is 6.50. The van der Waals surface area contributed by atoms with Gasteiger partial charge in [0.2, 0.25) is 0 Å². The van der Waals surface area contributed by atoms with E-state index < -0.39 is 0 Å². The molecule has 0 saturated carbocycles. The molecule has 0 saturated heterocycles. The van der Waals surface area contributed by atoms with E-state index in [4.69, 9.17) is 0 Å². The number of hydrogen-bond donors (Lipinski definition) is 0. The molecule has 2 rings (SSSR count). The Bertz CT molecular complexity index is 580. The van der Waals surface area contributed by atoms with Gasteiger partial charge < -0.3 is 0 Å². The van der Waals surface area contributed by atoms with Crippen LogP contribution in [0.3, 0.4) is 0 Å². The predicted octanol–water partition coefficient (Wildman–Crippen LogP) is 6.84. The average molecular weight is 306 g/mol. The first-order chi connectivity index (χ1) is 11.3. The largest absolute Gasteiger partial charge is 0.0808 e. The van der Waals surface area contributed by atoms with Crippen LogP contribution in [0.1, 0.15) is 55.7 Å². The molecule has 0 amide bonds. The molecule has 0 nitrogen and oxygen atoms in total. The van der Waals surface area contributed by atoms with Crippen molar-refractivity contribution in [1.82, 2.24) is 0 Å². The maximum absolute atomic E-state index is 2.45. The number of unbranched alkanes of at least 4 members (excludes halogenated alkanes) is 2. The molecule has 0 aromatic heterocycles. The lowest BCUT2D eigenvalue weighted by Crippen LogP contribution is -2.00. The van der Waals surface area contributed by atoms with Crippen LogP contribution in [0.4, 0.5) is 0 Å². The quantitative estimate of drug-likeness (QED) is 0.445. The molecule has 0 N–H and O–H groups in total. The van der Waals surface area contributed by atoms with Crippen LogP contribution >= 0.6 is 0 Å². The molecule has 0 radical (unpaired) electrons. The third-order valence-corrected chi connectivity index (χ3v) is 4.56. The van der Waals surface area contributed by atoms with E-state index in [2.05, 4.69) is 80.6 Å². The van der Waals surface area contributed by atoms with Gasteiger partial charge in [0, 0.05) is 0 Å². The summed E-state index contributed by atoms with van der Waals surface area (Å²) >= 11 is 0. The summed E-state index contributed by atoms with van der Waals surface area (Å²) < 4.78 is 0. The van der Waals surface area contributed by atoms with Crippen molar-refractivity contribution in [3.8, 4) is 0 Å². The van der Waals surface area contributed by atoms with Crippen LogP contribution in [0.25, 0.3) is 6.08 Å². The fourth-order valence-electron chi connectivity index (χ4n) is 3.00. The van der Waals surface area contributed by atoms with Crippen LogP contribution in [0, 0.1) is 12.8 Å². The molecule has 23 heavy (non-hydrogen) atoms. The van der Waals surface area contributed by atoms with E-state index >= 15 is 0 Å². The minimum Gasteiger partial charge on any atom is -0.0808 e. The first-order valence-corrected chi connectivity index (χ1v) is 9.07. The molecular weight excluding hydrogens is 276 g/mol. The second kappa shape index (κ2) is 10.0. The number of benzene rings is 2. The van der Waals surface area contributed by atoms with Gasteiger partial charge in [-0.05, 0) is 48.8 Å². The minimum absolute atomic E-state index is 0.682. The standard InChI is InChI=1S/C23H30/c1-3-4-6-12-22(17-16-21-13-7-5-8-14-21)18-19-23-15-10-9-11-20(23)2/h5,7-11,13-15,18-19,22H,3-4,6,12,16-17H2,1-2H3/b19-18+. The van der Waals surface area contributed by atoms with Crippen molar-refractivity contribution in [2.45, 2.75) is 52.4 Å². The Labute approximate surface area is 142 Å². The average Bonchev–Trinajstić information content (AvgIpc) is 2.59. The van der Waals surface area contributed by atoms with E-state index in [0.717, 1.165) is 0 Å². The van der Waals surface area contributed by atoms with Crippen molar-refractivity contribution in [2.75, 3.05) is 0 Å². The molecule has 0 heteroatoms.